The minimum absolute atomic E-state index is 0.0184. The van der Waals surface area contributed by atoms with Crippen LogP contribution in [-0.4, -0.2) is 31.8 Å². The van der Waals surface area contributed by atoms with Crippen LogP contribution in [0.1, 0.15) is 16.7 Å². The maximum atomic E-state index is 12.2. The predicted molar refractivity (Wildman–Crippen MR) is 98.9 cm³/mol. The molecule has 0 fully saturated rings. The van der Waals surface area contributed by atoms with Gasteiger partial charge in [0.05, 0.1) is 23.6 Å². The fourth-order valence-corrected chi connectivity index (χ4v) is 3.18. The van der Waals surface area contributed by atoms with Crippen molar-refractivity contribution >= 4 is 17.3 Å². The lowest BCUT2D eigenvalue weighted by Crippen LogP contribution is -2.24. The Morgan fingerprint density at radius 1 is 1.26 bits per heavy atom. The minimum atomic E-state index is -0.564. The summed E-state index contributed by atoms with van der Waals surface area (Å²) in [5.41, 5.74) is 1.98. The molecule has 10 heteroatoms. The molecule has 0 amide bonds. The number of hydrogen-bond acceptors (Lipinski definition) is 6. The Kier molecular flexibility index (Phi) is 4.95. The van der Waals surface area contributed by atoms with Crippen molar-refractivity contribution in [1.82, 2.24) is 19.8 Å². The van der Waals surface area contributed by atoms with E-state index in [2.05, 4.69) is 10.3 Å². The number of aryl methyl sites for hydroxylation is 2. The first-order valence-corrected chi connectivity index (χ1v) is 8.31. The van der Waals surface area contributed by atoms with Gasteiger partial charge in [-0.15, -0.1) is 4.80 Å². The van der Waals surface area contributed by atoms with Crippen LogP contribution in [0.25, 0.3) is 5.69 Å². The molecule has 0 saturated heterocycles. The Morgan fingerprint density at radius 2 is 2.00 bits per heavy atom. The number of ether oxygens (including phenoxy) is 1. The van der Waals surface area contributed by atoms with Crippen LogP contribution in [0, 0.1) is 24.0 Å². The van der Waals surface area contributed by atoms with Crippen LogP contribution in [0.2, 0.25) is 5.02 Å². The molecule has 140 valence electrons. The molecule has 0 unspecified atom stereocenters. The molecule has 0 radical (unpaired) electrons. The van der Waals surface area contributed by atoms with Crippen LogP contribution in [-0.2, 0) is 6.54 Å². The highest BCUT2D eigenvalue weighted by Crippen LogP contribution is 2.32. The second-order valence-corrected chi connectivity index (χ2v) is 6.40. The number of halogens is 1. The summed E-state index contributed by atoms with van der Waals surface area (Å²) in [5.74, 6) is 0.362. The van der Waals surface area contributed by atoms with E-state index in [9.17, 15) is 14.9 Å². The fraction of sp³-hybridized carbons (Fsp3) is 0.235. The van der Waals surface area contributed by atoms with Gasteiger partial charge in [0.1, 0.15) is 5.69 Å². The van der Waals surface area contributed by atoms with Gasteiger partial charge in [-0.2, -0.15) is 0 Å². The summed E-state index contributed by atoms with van der Waals surface area (Å²) >= 11 is 6.23. The van der Waals surface area contributed by atoms with Gasteiger partial charge in [0, 0.05) is 11.6 Å². The van der Waals surface area contributed by atoms with E-state index in [1.807, 2.05) is 6.92 Å². The molecule has 3 rings (SSSR count). The number of tetrazole rings is 1. The third kappa shape index (κ3) is 3.54. The highest BCUT2D eigenvalue weighted by molar-refractivity contribution is 6.32. The monoisotopic (exact) mass is 389 g/mol. The fourth-order valence-electron chi connectivity index (χ4n) is 2.83. The molecule has 27 heavy (non-hydrogen) atoms. The third-order valence-electron chi connectivity index (χ3n) is 4.04. The molecule has 0 aliphatic rings. The summed E-state index contributed by atoms with van der Waals surface area (Å²) in [6.07, 6.45) is 0. The first kappa shape index (κ1) is 18.6. The largest absolute Gasteiger partial charge is 0.493 e. The van der Waals surface area contributed by atoms with Gasteiger partial charge < -0.3 is 4.74 Å². The Hall–Kier alpha value is -3.20. The van der Waals surface area contributed by atoms with E-state index in [1.165, 1.54) is 22.7 Å². The van der Waals surface area contributed by atoms with Crippen LogP contribution in [0.3, 0.4) is 0 Å². The van der Waals surface area contributed by atoms with E-state index in [4.69, 9.17) is 16.3 Å². The number of benzene rings is 2. The second kappa shape index (κ2) is 7.20. The van der Waals surface area contributed by atoms with Crippen molar-refractivity contribution in [1.29, 1.82) is 0 Å². The molecule has 1 heterocycles. The number of nitrogens with zero attached hydrogens (tertiary/aromatic N) is 5. The summed E-state index contributed by atoms with van der Waals surface area (Å²) < 4.78 is 6.65. The molecule has 0 saturated carbocycles. The molecule has 0 atom stereocenters. The van der Waals surface area contributed by atoms with Gasteiger partial charge in [-0.05, 0) is 48.4 Å². The van der Waals surface area contributed by atoms with E-state index < -0.39 is 10.6 Å². The Balaban J connectivity index is 2.08. The molecule has 2 aromatic carbocycles. The lowest BCUT2D eigenvalue weighted by Gasteiger charge is -2.14. The predicted octanol–water partition coefficient (Wildman–Crippen LogP) is 2.66. The number of nitro groups is 1. The number of hydrogen-bond donors (Lipinski definition) is 0. The molecule has 3 aromatic rings. The molecule has 0 aliphatic heterocycles. The zero-order chi connectivity index (χ0) is 19.7. The van der Waals surface area contributed by atoms with Crippen LogP contribution < -0.4 is 10.4 Å². The van der Waals surface area contributed by atoms with Crippen molar-refractivity contribution in [2.75, 3.05) is 7.11 Å². The van der Waals surface area contributed by atoms with Gasteiger partial charge in [0.2, 0.25) is 0 Å². The first-order valence-electron chi connectivity index (χ1n) is 7.93. The number of aromatic nitrogens is 4. The van der Waals surface area contributed by atoms with E-state index in [0.29, 0.717) is 27.6 Å². The van der Waals surface area contributed by atoms with Gasteiger partial charge in [-0.25, -0.2) is 9.48 Å². The zero-order valence-electron chi connectivity index (χ0n) is 14.8. The van der Waals surface area contributed by atoms with E-state index >= 15 is 0 Å². The average molecular weight is 390 g/mol. The topological polar surface area (TPSA) is 105 Å². The molecule has 1 aromatic heterocycles. The van der Waals surface area contributed by atoms with Gasteiger partial charge in [0.15, 0.2) is 5.75 Å². The van der Waals surface area contributed by atoms with Crippen LogP contribution in [0.4, 0.5) is 5.69 Å². The summed E-state index contributed by atoms with van der Waals surface area (Å²) in [4.78, 5) is 24.1. The summed E-state index contributed by atoms with van der Waals surface area (Å²) in [7, 11) is 1.47. The van der Waals surface area contributed by atoms with E-state index in [1.54, 1.807) is 31.2 Å². The average Bonchev–Trinajstić information content (AvgIpc) is 2.94. The quantitative estimate of drug-likeness (QED) is 0.490. The van der Waals surface area contributed by atoms with Gasteiger partial charge in [-0.3, -0.25) is 10.1 Å². The minimum Gasteiger partial charge on any atom is -0.493 e. The van der Waals surface area contributed by atoms with Crippen molar-refractivity contribution in [3.8, 4) is 11.4 Å². The molecular weight excluding hydrogens is 374 g/mol. The SMILES string of the molecule is COc1c(Cl)cc(C)cc1-n1nnc(=O)n1Cc1ccc([N+](=O)[O-])c(C)c1. The molecule has 0 spiro atoms. The van der Waals surface area contributed by atoms with Gasteiger partial charge in [0.25, 0.3) is 5.69 Å². The number of nitro benzene ring substituents is 1. The van der Waals surface area contributed by atoms with Crippen LogP contribution >= 0.6 is 11.6 Å². The van der Waals surface area contributed by atoms with Crippen molar-refractivity contribution in [3.05, 3.63) is 72.6 Å². The van der Waals surface area contributed by atoms with Gasteiger partial charge in [-0.1, -0.05) is 22.8 Å². The van der Waals surface area contributed by atoms with E-state index in [0.717, 1.165) is 5.56 Å². The highest BCUT2D eigenvalue weighted by atomic mass is 35.5. The maximum absolute atomic E-state index is 12.2. The standard InChI is InChI=1S/C17H16ClN5O4/c1-10-6-13(18)16(27-3)15(7-10)22-20-19-17(24)21(22)9-12-4-5-14(23(25)26)11(2)8-12/h4-8H,9H2,1-3H3. The van der Waals surface area contributed by atoms with E-state index in [-0.39, 0.29) is 12.2 Å². The highest BCUT2D eigenvalue weighted by Gasteiger charge is 2.18. The van der Waals surface area contributed by atoms with Gasteiger partial charge >= 0.3 is 5.69 Å². The third-order valence-corrected chi connectivity index (χ3v) is 4.32. The Bertz CT molecular complexity index is 1090. The maximum Gasteiger partial charge on any atom is 0.384 e. The summed E-state index contributed by atoms with van der Waals surface area (Å²) in [6, 6.07) is 8.17. The van der Waals surface area contributed by atoms with Crippen LogP contribution in [0.15, 0.2) is 35.1 Å². The zero-order valence-corrected chi connectivity index (χ0v) is 15.6. The Labute approximate surface area is 158 Å². The van der Waals surface area contributed by atoms with Crippen molar-refractivity contribution < 1.29 is 9.66 Å². The second-order valence-electron chi connectivity index (χ2n) is 6.00. The molecule has 0 N–H and O–H groups in total. The molecule has 9 nitrogen and oxygen atoms in total. The molecular formula is C17H16ClN5O4. The van der Waals surface area contributed by atoms with Crippen molar-refractivity contribution in [2.45, 2.75) is 20.4 Å². The number of rotatable bonds is 5. The normalized spacial score (nSPS) is 10.8. The Morgan fingerprint density at radius 3 is 2.63 bits per heavy atom. The lowest BCUT2D eigenvalue weighted by atomic mass is 10.1. The molecule has 0 bridgehead atoms. The molecule has 0 aliphatic carbocycles. The summed E-state index contributed by atoms with van der Waals surface area (Å²) in [6.45, 7) is 3.62. The van der Waals surface area contributed by atoms with Crippen molar-refractivity contribution in [3.63, 3.8) is 0 Å². The lowest BCUT2D eigenvalue weighted by molar-refractivity contribution is -0.385. The number of methoxy groups -OCH3 is 1. The summed E-state index contributed by atoms with van der Waals surface area (Å²) in [5, 5.41) is 18.9. The van der Waals surface area contributed by atoms with Crippen LogP contribution in [0.5, 0.6) is 5.75 Å². The smallest absolute Gasteiger partial charge is 0.384 e. The van der Waals surface area contributed by atoms with Crippen molar-refractivity contribution in [2.24, 2.45) is 0 Å². The first-order chi connectivity index (χ1) is 12.8.